The minimum atomic E-state index is -0.415. The highest BCUT2D eigenvalue weighted by Gasteiger charge is 2.33. The summed E-state index contributed by atoms with van der Waals surface area (Å²) in [5.41, 5.74) is 0.441. The summed E-state index contributed by atoms with van der Waals surface area (Å²) in [6, 6.07) is 1.74. The summed E-state index contributed by atoms with van der Waals surface area (Å²) in [5, 5.41) is 0.669. The Morgan fingerprint density at radius 1 is 1.24 bits per heavy atom. The van der Waals surface area contributed by atoms with E-state index < -0.39 is 5.97 Å². The molecule has 4 nitrogen and oxygen atoms in total. The van der Waals surface area contributed by atoms with Gasteiger partial charge in [-0.05, 0) is 57.9 Å². The molecule has 0 N–H and O–H groups in total. The number of anilines is 1. The minimum Gasteiger partial charge on any atom is -0.465 e. The maximum atomic E-state index is 13.4. The lowest BCUT2D eigenvalue weighted by atomic mass is 9.82. The molecule has 1 unspecified atom stereocenters. The third-order valence-corrected chi connectivity index (χ3v) is 6.67. The van der Waals surface area contributed by atoms with Crippen molar-refractivity contribution in [3.05, 3.63) is 16.5 Å². The van der Waals surface area contributed by atoms with Crippen LogP contribution in [0.15, 0.2) is 6.07 Å². The molecule has 1 aromatic rings. The second kappa shape index (κ2) is 10.8. The van der Waals surface area contributed by atoms with Crippen molar-refractivity contribution in [1.82, 2.24) is 0 Å². The lowest BCUT2D eigenvalue weighted by molar-refractivity contribution is -0.123. The van der Waals surface area contributed by atoms with Crippen molar-refractivity contribution in [2.75, 3.05) is 12.0 Å². The lowest BCUT2D eigenvalue weighted by Crippen LogP contribution is -2.42. The van der Waals surface area contributed by atoms with Crippen molar-refractivity contribution < 1.29 is 14.3 Å². The van der Waals surface area contributed by atoms with Gasteiger partial charge in [-0.1, -0.05) is 39.0 Å². The van der Waals surface area contributed by atoms with E-state index in [4.69, 9.17) is 4.74 Å². The average Bonchev–Trinajstić information content (AvgIpc) is 3.10. The molecule has 2 rings (SSSR count). The molecule has 0 radical (unpaired) electrons. The third kappa shape index (κ3) is 6.09. The van der Waals surface area contributed by atoms with E-state index in [2.05, 4.69) is 32.6 Å². The Morgan fingerprint density at radius 3 is 2.45 bits per heavy atom. The summed E-state index contributed by atoms with van der Waals surface area (Å²) in [6.45, 7) is 10.5. The van der Waals surface area contributed by atoms with Crippen LogP contribution in [0.3, 0.4) is 0 Å². The first kappa shape index (κ1) is 23.5. The lowest BCUT2D eigenvalue weighted by Gasteiger charge is -2.33. The molecule has 1 heterocycles. The van der Waals surface area contributed by atoms with Crippen LogP contribution in [-0.4, -0.2) is 25.0 Å². The Labute approximate surface area is 180 Å². The van der Waals surface area contributed by atoms with Gasteiger partial charge < -0.3 is 9.64 Å². The number of esters is 1. The molecule has 160 valence electrons. The highest BCUT2D eigenvalue weighted by molar-refractivity contribution is 7.17. The molecule has 29 heavy (non-hydrogen) atoms. The zero-order valence-corrected chi connectivity index (χ0v) is 19.5. The molecule has 1 aliphatic carbocycles. The van der Waals surface area contributed by atoms with Crippen LogP contribution in [0.4, 0.5) is 5.00 Å². The summed E-state index contributed by atoms with van der Waals surface area (Å²) in [6.07, 6.45) is 6.15. The van der Waals surface area contributed by atoms with E-state index in [-0.39, 0.29) is 17.9 Å². The molecule has 1 amide bonds. The fourth-order valence-corrected chi connectivity index (χ4v) is 5.02. The summed E-state index contributed by atoms with van der Waals surface area (Å²) >= 11 is 1.42. The van der Waals surface area contributed by atoms with Gasteiger partial charge in [-0.3, -0.25) is 4.79 Å². The summed E-state index contributed by atoms with van der Waals surface area (Å²) in [7, 11) is 1.38. The number of carbonyl (C=O) groups excluding carboxylic acids is 2. The quantitative estimate of drug-likeness (QED) is 0.428. The summed E-state index contributed by atoms with van der Waals surface area (Å²) in [4.78, 5) is 28.5. The van der Waals surface area contributed by atoms with Crippen molar-refractivity contribution in [1.29, 1.82) is 0 Å². The van der Waals surface area contributed by atoms with Gasteiger partial charge in [-0.25, -0.2) is 4.79 Å². The van der Waals surface area contributed by atoms with Crippen LogP contribution in [0.2, 0.25) is 0 Å². The molecular weight excluding hydrogens is 382 g/mol. The molecule has 0 saturated heterocycles. The fraction of sp³-hybridized carbons (Fsp3) is 0.667. The number of nitrogens with zero attached hydrogens (tertiary/aromatic N) is 1. The predicted octanol–water partition coefficient (Wildman–Crippen LogP) is 5.89. The van der Waals surface area contributed by atoms with Crippen molar-refractivity contribution in [3.63, 3.8) is 0 Å². The first-order valence-electron chi connectivity index (χ1n) is 10.8. The van der Waals surface area contributed by atoms with Crippen LogP contribution in [0.25, 0.3) is 0 Å². The van der Waals surface area contributed by atoms with Crippen molar-refractivity contribution in [2.45, 2.75) is 79.2 Å². The molecule has 1 aliphatic rings. The van der Waals surface area contributed by atoms with E-state index >= 15 is 0 Å². The second-order valence-corrected chi connectivity index (χ2v) is 9.57. The van der Waals surface area contributed by atoms with E-state index in [0.29, 0.717) is 22.4 Å². The Hall–Kier alpha value is -1.80. The highest BCUT2D eigenvalue weighted by atomic mass is 32.1. The number of carbonyl (C=O) groups is 2. The topological polar surface area (TPSA) is 46.6 Å². The molecule has 0 spiro atoms. The van der Waals surface area contributed by atoms with Crippen LogP contribution in [0.1, 0.15) is 88.4 Å². The second-order valence-electron chi connectivity index (χ2n) is 8.54. The number of ether oxygens (including phenoxy) is 1. The van der Waals surface area contributed by atoms with E-state index in [1.165, 1.54) is 18.4 Å². The van der Waals surface area contributed by atoms with Crippen molar-refractivity contribution in [3.8, 4) is 11.8 Å². The average molecular weight is 418 g/mol. The van der Waals surface area contributed by atoms with Gasteiger partial charge in [0.1, 0.15) is 5.00 Å². The number of hydrogen-bond donors (Lipinski definition) is 0. The van der Waals surface area contributed by atoms with Crippen LogP contribution in [-0.2, 0) is 9.53 Å². The van der Waals surface area contributed by atoms with Gasteiger partial charge in [0.2, 0.25) is 5.91 Å². The summed E-state index contributed by atoms with van der Waals surface area (Å²) in [5.74, 6) is 7.20. The van der Waals surface area contributed by atoms with E-state index in [1.54, 1.807) is 11.0 Å². The zero-order valence-electron chi connectivity index (χ0n) is 18.7. The van der Waals surface area contributed by atoms with Gasteiger partial charge >= 0.3 is 5.97 Å². The van der Waals surface area contributed by atoms with Gasteiger partial charge in [-0.15, -0.1) is 11.3 Å². The van der Waals surface area contributed by atoms with E-state index in [0.717, 1.165) is 43.4 Å². The maximum absolute atomic E-state index is 13.4. The van der Waals surface area contributed by atoms with E-state index in [1.807, 2.05) is 13.8 Å². The Morgan fingerprint density at radius 2 is 1.90 bits per heavy atom. The number of amides is 1. The molecule has 1 fully saturated rings. The van der Waals surface area contributed by atoms with Gasteiger partial charge in [0.15, 0.2) is 0 Å². The Kier molecular flexibility index (Phi) is 8.77. The van der Waals surface area contributed by atoms with Crippen LogP contribution in [0, 0.1) is 29.6 Å². The Bertz CT molecular complexity index is 763. The molecule has 5 heteroatoms. The molecule has 1 atom stereocenters. The van der Waals surface area contributed by atoms with Gasteiger partial charge in [0.25, 0.3) is 0 Å². The minimum absolute atomic E-state index is 0.0281. The zero-order chi connectivity index (χ0) is 21.6. The molecule has 0 bridgehead atoms. The highest BCUT2D eigenvalue weighted by Crippen LogP contribution is 2.37. The largest absolute Gasteiger partial charge is 0.465 e. The SMILES string of the molecule is CCCC(C)C#Cc1cc(C(=O)OC)c(N(C(=O)C2CCC(C)CC2)C(C)C)s1. The monoisotopic (exact) mass is 417 g/mol. The predicted molar refractivity (Wildman–Crippen MR) is 120 cm³/mol. The molecule has 1 saturated carbocycles. The fourth-order valence-electron chi connectivity index (χ4n) is 3.87. The first-order valence-corrected chi connectivity index (χ1v) is 11.7. The molecule has 0 aliphatic heterocycles. The number of hydrogen-bond acceptors (Lipinski definition) is 4. The van der Waals surface area contributed by atoms with Gasteiger partial charge in [-0.2, -0.15) is 0 Å². The standard InChI is InChI=1S/C24H35NO3S/c1-7-8-17(4)11-14-20-15-21(24(27)28-6)23(29-20)25(16(2)3)22(26)19-12-9-18(5)10-13-19/h15-19H,7-10,12-13H2,1-6H3. The van der Waals surface area contributed by atoms with Crippen LogP contribution in [0.5, 0.6) is 0 Å². The normalized spacial score (nSPS) is 20.0. The van der Waals surface area contributed by atoms with E-state index in [9.17, 15) is 9.59 Å². The molecular formula is C24H35NO3S. The van der Waals surface area contributed by atoms with Crippen LogP contribution >= 0.6 is 11.3 Å². The third-order valence-electron chi connectivity index (χ3n) is 5.62. The summed E-state index contributed by atoms with van der Waals surface area (Å²) < 4.78 is 5.01. The number of thiophene rings is 1. The van der Waals surface area contributed by atoms with Crippen LogP contribution < -0.4 is 4.90 Å². The molecule has 0 aromatic carbocycles. The van der Waals surface area contributed by atoms with Crippen molar-refractivity contribution >= 4 is 28.2 Å². The smallest absolute Gasteiger partial charge is 0.340 e. The van der Waals surface area contributed by atoms with Crippen molar-refractivity contribution in [2.24, 2.45) is 17.8 Å². The Balaban J connectivity index is 2.38. The number of rotatable bonds is 6. The first-order chi connectivity index (χ1) is 13.8. The maximum Gasteiger partial charge on any atom is 0.340 e. The molecule has 1 aromatic heterocycles. The van der Waals surface area contributed by atoms with Gasteiger partial charge in [0.05, 0.1) is 17.6 Å². The van der Waals surface area contributed by atoms with Gasteiger partial charge in [0, 0.05) is 17.9 Å². The number of methoxy groups -OCH3 is 1.